The highest BCUT2D eigenvalue weighted by molar-refractivity contribution is 5.93. The monoisotopic (exact) mass is 279 g/mol. The van der Waals surface area contributed by atoms with Crippen LogP contribution < -0.4 is 16.4 Å². The zero-order chi connectivity index (χ0) is 15.0. The molecule has 1 aromatic carbocycles. The molecule has 6 heteroatoms. The first kappa shape index (κ1) is 16.1. The fourth-order valence-electron chi connectivity index (χ4n) is 1.66. The Bertz CT molecular complexity index is 441. The average molecular weight is 279 g/mol. The van der Waals surface area contributed by atoms with Crippen LogP contribution in [0.5, 0.6) is 0 Å². The number of carbonyl (C=O) groups excluding carboxylic acids is 2. The summed E-state index contributed by atoms with van der Waals surface area (Å²) in [5.74, 6) is -0.246. The largest absolute Gasteiger partial charge is 0.380 e. The van der Waals surface area contributed by atoms with Crippen LogP contribution in [0.15, 0.2) is 24.3 Å². The lowest BCUT2D eigenvalue weighted by molar-refractivity contribution is -0.123. The van der Waals surface area contributed by atoms with Crippen LogP contribution in [0.25, 0.3) is 0 Å². The summed E-state index contributed by atoms with van der Waals surface area (Å²) in [6.45, 7) is 0.721. The Morgan fingerprint density at radius 1 is 1.30 bits per heavy atom. The molecule has 2 amide bonds. The number of ether oxygens (including phenoxy) is 1. The maximum absolute atomic E-state index is 11.7. The van der Waals surface area contributed by atoms with Crippen molar-refractivity contribution in [2.75, 3.05) is 20.7 Å². The zero-order valence-electron chi connectivity index (χ0n) is 11.8. The van der Waals surface area contributed by atoms with Crippen molar-refractivity contribution in [3.8, 4) is 0 Å². The summed E-state index contributed by atoms with van der Waals surface area (Å²) < 4.78 is 5.05. The summed E-state index contributed by atoms with van der Waals surface area (Å²) in [6.07, 6.45) is -0.0193. The van der Waals surface area contributed by atoms with Gasteiger partial charge >= 0.3 is 0 Å². The van der Waals surface area contributed by atoms with Crippen LogP contribution >= 0.6 is 0 Å². The van der Waals surface area contributed by atoms with Crippen LogP contribution in [0.4, 0.5) is 0 Å². The van der Waals surface area contributed by atoms with E-state index in [0.29, 0.717) is 18.7 Å². The second-order valence-corrected chi connectivity index (χ2v) is 4.35. The maximum atomic E-state index is 11.7. The standard InChI is InChI=1S/C14H21N3O3/c1-16-14(19)11-5-3-10(4-6-11)9-17-13(18)7-12(8-15)20-2/h3-6,12H,7-9,15H2,1-2H3,(H,16,19)(H,17,18). The van der Waals surface area contributed by atoms with Crippen LogP contribution in [0, 0.1) is 0 Å². The Morgan fingerprint density at radius 3 is 2.45 bits per heavy atom. The number of nitrogens with one attached hydrogen (secondary N) is 2. The minimum absolute atomic E-state index is 0.113. The van der Waals surface area contributed by atoms with Crippen LogP contribution in [-0.2, 0) is 16.1 Å². The van der Waals surface area contributed by atoms with Crippen molar-refractivity contribution >= 4 is 11.8 Å². The quantitative estimate of drug-likeness (QED) is 0.656. The molecule has 6 nitrogen and oxygen atoms in total. The third-order valence-corrected chi connectivity index (χ3v) is 2.94. The lowest BCUT2D eigenvalue weighted by Crippen LogP contribution is -2.31. The molecule has 0 heterocycles. The van der Waals surface area contributed by atoms with Crippen LogP contribution in [0.3, 0.4) is 0 Å². The van der Waals surface area contributed by atoms with E-state index in [4.69, 9.17) is 10.5 Å². The van der Waals surface area contributed by atoms with Gasteiger partial charge in [-0.05, 0) is 17.7 Å². The van der Waals surface area contributed by atoms with Gasteiger partial charge in [0.2, 0.25) is 5.91 Å². The van der Waals surface area contributed by atoms with E-state index in [1.54, 1.807) is 19.2 Å². The summed E-state index contributed by atoms with van der Waals surface area (Å²) in [4.78, 5) is 23.0. The molecule has 4 N–H and O–H groups in total. The average Bonchev–Trinajstić information content (AvgIpc) is 2.50. The number of hydrogen-bond donors (Lipinski definition) is 3. The van der Waals surface area contributed by atoms with Gasteiger partial charge in [-0.25, -0.2) is 0 Å². The molecule has 0 saturated heterocycles. The number of amides is 2. The number of methoxy groups -OCH3 is 1. The highest BCUT2D eigenvalue weighted by atomic mass is 16.5. The maximum Gasteiger partial charge on any atom is 0.251 e. The predicted octanol–water partition coefficient (Wildman–Crippen LogP) is 0.0262. The fourth-order valence-corrected chi connectivity index (χ4v) is 1.66. The first-order chi connectivity index (χ1) is 9.60. The topological polar surface area (TPSA) is 93.5 Å². The minimum Gasteiger partial charge on any atom is -0.380 e. The van der Waals surface area contributed by atoms with E-state index in [2.05, 4.69) is 10.6 Å². The number of nitrogens with two attached hydrogens (primary N) is 1. The molecule has 20 heavy (non-hydrogen) atoms. The number of hydrogen-bond acceptors (Lipinski definition) is 4. The van der Waals surface area contributed by atoms with E-state index in [-0.39, 0.29) is 24.3 Å². The molecule has 0 saturated carbocycles. The van der Waals surface area contributed by atoms with E-state index in [9.17, 15) is 9.59 Å². The highest BCUT2D eigenvalue weighted by Crippen LogP contribution is 2.04. The Morgan fingerprint density at radius 2 is 1.95 bits per heavy atom. The molecule has 1 aromatic rings. The van der Waals surface area contributed by atoms with Gasteiger partial charge in [-0.2, -0.15) is 0 Å². The van der Waals surface area contributed by atoms with E-state index < -0.39 is 0 Å². The first-order valence-electron chi connectivity index (χ1n) is 6.41. The fraction of sp³-hybridized carbons (Fsp3) is 0.429. The molecule has 0 spiro atoms. The van der Waals surface area contributed by atoms with Crippen molar-refractivity contribution in [3.05, 3.63) is 35.4 Å². The van der Waals surface area contributed by atoms with Crippen molar-refractivity contribution in [2.45, 2.75) is 19.1 Å². The Kier molecular flexibility index (Phi) is 6.69. The molecule has 0 fully saturated rings. The van der Waals surface area contributed by atoms with Gasteiger partial charge in [-0.1, -0.05) is 12.1 Å². The minimum atomic E-state index is -0.259. The van der Waals surface area contributed by atoms with Gasteiger partial charge in [0.15, 0.2) is 0 Å². The highest BCUT2D eigenvalue weighted by Gasteiger charge is 2.11. The van der Waals surface area contributed by atoms with E-state index in [1.807, 2.05) is 12.1 Å². The van der Waals surface area contributed by atoms with Gasteiger partial charge in [-0.15, -0.1) is 0 Å². The molecule has 0 bridgehead atoms. The molecule has 1 atom stereocenters. The Hall–Kier alpha value is -1.92. The third-order valence-electron chi connectivity index (χ3n) is 2.94. The van der Waals surface area contributed by atoms with Crippen LogP contribution in [0.2, 0.25) is 0 Å². The van der Waals surface area contributed by atoms with Gasteiger partial charge in [-0.3, -0.25) is 9.59 Å². The first-order valence-corrected chi connectivity index (χ1v) is 6.41. The lowest BCUT2D eigenvalue weighted by Gasteiger charge is -2.12. The van der Waals surface area contributed by atoms with Crippen LogP contribution in [-0.4, -0.2) is 38.6 Å². The van der Waals surface area contributed by atoms with Gasteiger partial charge in [0.05, 0.1) is 12.5 Å². The zero-order valence-corrected chi connectivity index (χ0v) is 11.8. The second-order valence-electron chi connectivity index (χ2n) is 4.35. The van der Waals surface area contributed by atoms with Crippen molar-refractivity contribution in [2.24, 2.45) is 5.73 Å². The summed E-state index contributed by atoms with van der Waals surface area (Å²) in [5, 5.41) is 5.34. The molecule has 1 rings (SSSR count). The molecule has 0 aliphatic carbocycles. The molecule has 0 aromatic heterocycles. The van der Waals surface area contributed by atoms with Crippen molar-refractivity contribution in [1.29, 1.82) is 0 Å². The molecule has 0 aliphatic rings. The smallest absolute Gasteiger partial charge is 0.251 e. The molecule has 0 radical (unpaired) electrons. The number of carbonyl (C=O) groups is 2. The van der Waals surface area contributed by atoms with Gasteiger partial charge in [0.1, 0.15) is 0 Å². The number of rotatable bonds is 7. The predicted molar refractivity (Wildman–Crippen MR) is 76.1 cm³/mol. The van der Waals surface area contributed by atoms with Crippen molar-refractivity contribution < 1.29 is 14.3 Å². The summed E-state index contributed by atoms with van der Waals surface area (Å²) in [7, 11) is 3.11. The van der Waals surface area contributed by atoms with Gasteiger partial charge < -0.3 is 21.1 Å². The summed E-state index contributed by atoms with van der Waals surface area (Å²) >= 11 is 0. The van der Waals surface area contributed by atoms with Gasteiger partial charge in [0, 0.05) is 32.8 Å². The Labute approximate surface area is 118 Å². The van der Waals surface area contributed by atoms with Crippen molar-refractivity contribution in [1.82, 2.24) is 10.6 Å². The molecule has 1 unspecified atom stereocenters. The molecular formula is C14H21N3O3. The molecular weight excluding hydrogens is 258 g/mol. The Balaban J connectivity index is 2.45. The summed E-state index contributed by atoms with van der Waals surface area (Å²) in [6, 6.07) is 7.06. The van der Waals surface area contributed by atoms with E-state index >= 15 is 0 Å². The van der Waals surface area contributed by atoms with E-state index in [0.717, 1.165) is 5.56 Å². The SMILES string of the molecule is CNC(=O)c1ccc(CNC(=O)CC(CN)OC)cc1. The normalized spacial score (nSPS) is 11.8. The molecule has 110 valence electrons. The van der Waals surface area contributed by atoms with Crippen LogP contribution in [0.1, 0.15) is 22.3 Å². The number of benzene rings is 1. The third kappa shape index (κ3) is 4.99. The molecule has 0 aliphatic heterocycles. The van der Waals surface area contributed by atoms with E-state index in [1.165, 1.54) is 7.11 Å². The second kappa shape index (κ2) is 8.29. The lowest BCUT2D eigenvalue weighted by atomic mass is 10.1. The van der Waals surface area contributed by atoms with Crippen molar-refractivity contribution in [3.63, 3.8) is 0 Å². The summed E-state index contributed by atoms with van der Waals surface area (Å²) in [5.41, 5.74) is 6.97. The van der Waals surface area contributed by atoms with Gasteiger partial charge in [0.25, 0.3) is 5.91 Å².